The number of ether oxygens (including phenoxy) is 1. The Bertz CT molecular complexity index is 901. The third kappa shape index (κ3) is 4.69. The maximum Gasteiger partial charge on any atom is 0.262 e. The average molecular weight is 351 g/mol. The molecule has 3 rings (SSSR count). The number of carbonyl (C=O) groups is 1. The number of benzene rings is 2. The smallest absolute Gasteiger partial charge is 0.262 e. The van der Waals surface area contributed by atoms with Gasteiger partial charge in [-0.25, -0.2) is 0 Å². The van der Waals surface area contributed by atoms with Crippen LogP contribution < -0.4 is 10.1 Å². The van der Waals surface area contributed by atoms with E-state index in [0.29, 0.717) is 29.6 Å². The number of hydrogen-bond acceptors (Lipinski definition) is 5. The SMILES string of the molecule is Cc1nnc(Cc2ccc(NC(=O)COc3ccc(C)c(C)c3)cc2)o1. The van der Waals surface area contributed by atoms with E-state index < -0.39 is 0 Å². The molecular weight excluding hydrogens is 330 g/mol. The predicted molar refractivity (Wildman–Crippen MR) is 98.3 cm³/mol. The van der Waals surface area contributed by atoms with Gasteiger partial charge in [-0.3, -0.25) is 4.79 Å². The molecule has 1 N–H and O–H groups in total. The molecule has 26 heavy (non-hydrogen) atoms. The average Bonchev–Trinajstić information content (AvgIpc) is 3.02. The van der Waals surface area contributed by atoms with Crippen LogP contribution in [0.1, 0.15) is 28.5 Å². The third-order valence-electron chi connectivity index (χ3n) is 4.01. The molecule has 3 aromatic rings. The number of aromatic nitrogens is 2. The summed E-state index contributed by atoms with van der Waals surface area (Å²) < 4.78 is 10.9. The van der Waals surface area contributed by atoms with E-state index in [2.05, 4.69) is 15.5 Å². The molecule has 6 nitrogen and oxygen atoms in total. The van der Waals surface area contributed by atoms with Gasteiger partial charge in [0, 0.05) is 12.6 Å². The van der Waals surface area contributed by atoms with Gasteiger partial charge in [0.2, 0.25) is 11.8 Å². The highest BCUT2D eigenvalue weighted by Gasteiger charge is 2.07. The first-order valence-electron chi connectivity index (χ1n) is 8.37. The van der Waals surface area contributed by atoms with Crippen LogP contribution in [0, 0.1) is 20.8 Å². The first-order chi connectivity index (χ1) is 12.5. The van der Waals surface area contributed by atoms with Crippen LogP contribution >= 0.6 is 0 Å². The van der Waals surface area contributed by atoms with Crippen molar-refractivity contribution in [1.82, 2.24) is 10.2 Å². The molecule has 0 fully saturated rings. The molecule has 0 radical (unpaired) electrons. The lowest BCUT2D eigenvalue weighted by Crippen LogP contribution is -2.20. The van der Waals surface area contributed by atoms with Crippen LogP contribution in [0.15, 0.2) is 46.9 Å². The summed E-state index contributed by atoms with van der Waals surface area (Å²) in [6.45, 7) is 5.77. The zero-order chi connectivity index (χ0) is 18.5. The van der Waals surface area contributed by atoms with Crippen molar-refractivity contribution in [2.45, 2.75) is 27.2 Å². The van der Waals surface area contributed by atoms with Gasteiger partial charge in [-0.15, -0.1) is 10.2 Å². The maximum atomic E-state index is 12.0. The van der Waals surface area contributed by atoms with Crippen LogP contribution in [0.5, 0.6) is 5.75 Å². The highest BCUT2D eigenvalue weighted by Crippen LogP contribution is 2.17. The van der Waals surface area contributed by atoms with Crippen LogP contribution in [0.2, 0.25) is 0 Å². The lowest BCUT2D eigenvalue weighted by Gasteiger charge is -2.09. The van der Waals surface area contributed by atoms with E-state index in [-0.39, 0.29) is 12.5 Å². The van der Waals surface area contributed by atoms with Gasteiger partial charge >= 0.3 is 0 Å². The summed E-state index contributed by atoms with van der Waals surface area (Å²) in [6, 6.07) is 13.3. The summed E-state index contributed by atoms with van der Waals surface area (Å²) in [5, 5.41) is 10.6. The van der Waals surface area contributed by atoms with E-state index in [1.54, 1.807) is 6.92 Å². The fraction of sp³-hybridized carbons (Fsp3) is 0.250. The molecule has 1 amide bonds. The van der Waals surface area contributed by atoms with Crippen molar-refractivity contribution in [1.29, 1.82) is 0 Å². The van der Waals surface area contributed by atoms with E-state index in [1.807, 2.05) is 56.3 Å². The number of anilines is 1. The van der Waals surface area contributed by atoms with Gasteiger partial charge in [-0.1, -0.05) is 18.2 Å². The molecular formula is C20H21N3O3. The highest BCUT2D eigenvalue weighted by atomic mass is 16.5. The molecule has 0 aliphatic heterocycles. The minimum absolute atomic E-state index is 0.0362. The van der Waals surface area contributed by atoms with Crippen LogP contribution in [-0.2, 0) is 11.2 Å². The molecule has 0 saturated carbocycles. The molecule has 2 aromatic carbocycles. The van der Waals surface area contributed by atoms with Crippen molar-refractivity contribution in [3.05, 3.63) is 70.9 Å². The van der Waals surface area contributed by atoms with Gasteiger partial charge in [-0.05, 0) is 54.8 Å². The zero-order valence-corrected chi connectivity index (χ0v) is 15.1. The number of nitrogens with one attached hydrogen (secondary N) is 1. The largest absolute Gasteiger partial charge is 0.484 e. The van der Waals surface area contributed by atoms with Crippen LogP contribution in [0.3, 0.4) is 0 Å². The van der Waals surface area contributed by atoms with Crippen LogP contribution in [0.4, 0.5) is 5.69 Å². The Morgan fingerprint density at radius 1 is 1.04 bits per heavy atom. The third-order valence-corrected chi connectivity index (χ3v) is 4.01. The quantitative estimate of drug-likeness (QED) is 0.734. The molecule has 134 valence electrons. The van der Waals surface area contributed by atoms with Crippen molar-refractivity contribution in [3.63, 3.8) is 0 Å². The fourth-order valence-corrected chi connectivity index (χ4v) is 2.44. The molecule has 6 heteroatoms. The number of hydrogen-bond donors (Lipinski definition) is 1. The topological polar surface area (TPSA) is 77.2 Å². The number of rotatable bonds is 6. The van der Waals surface area contributed by atoms with Gasteiger partial charge in [0.1, 0.15) is 5.75 Å². The Hall–Kier alpha value is -3.15. The summed E-state index contributed by atoms with van der Waals surface area (Å²) in [4.78, 5) is 12.0. The summed E-state index contributed by atoms with van der Waals surface area (Å²) >= 11 is 0. The number of nitrogens with zero attached hydrogens (tertiary/aromatic N) is 2. The van der Waals surface area contributed by atoms with Gasteiger partial charge in [-0.2, -0.15) is 0 Å². The summed E-state index contributed by atoms with van der Waals surface area (Å²) in [6.07, 6.45) is 0.560. The summed E-state index contributed by atoms with van der Waals surface area (Å²) in [5.74, 6) is 1.60. The number of amides is 1. The minimum atomic E-state index is -0.205. The van der Waals surface area contributed by atoms with E-state index in [4.69, 9.17) is 9.15 Å². The maximum absolute atomic E-state index is 12.0. The van der Waals surface area contributed by atoms with Crippen molar-refractivity contribution >= 4 is 11.6 Å². The Labute approximate surface area is 152 Å². The Morgan fingerprint density at radius 3 is 2.46 bits per heavy atom. The molecule has 0 atom stereocenters. The summed E-state index contributed by atoms with van der Waals surface area (Å²) in [7, 11) is 0. The molecule has 1 heterocycles. The van der Waals surface area contributed by atoms with Crippen LogP contribution in [-0.4, -0.2) is 22.7 Å². The lowest BCUT2D eigenvalue weighted by atomic mass is 10.1. The van der Waals surface area contributed by atoms with Gasteiger partial charge < -0.3 is 14.5 Å². The second kappa shape index (κ2) is 7.82. The van der Waals surface area contributed by atoms with E-state index in [1.165, 1.54) is 5.56 Å². The number of aryl methyl sites for hydroxylation is 3. The highest BCUT2D eigenvalue weighted by molar-refractivity contribution is 5.91. The second-order valence-electron chi connectivity index (χ2n) is 6.17. The Kier molecular flexibility index (Phi) is 5.31. The van der Waals surface area contributed by atoms with Gasteiger partial charge in [0.05, 0.1) is 6.42 Å². The molecule has 0 aliphatic carbocycles. The first-order valence-corrected chi connectivity index (χ1v) is 8.37. The first kappa shape index (κ1) is 17.7. The molecule has 1 aromatic heterocycles. The van der Waals surface area contributed by atoms with E-state index in [0.717, 1.165) is 11.1 Å². The molecule has 0 bridgehead atoms. The van der Waals surface area contributed by atoms with Gasteiger partial charge in [0.15, 0.2) is 6.61 Å². The standard InChI is InChI=1S/C20H21N3O3/c1-13-4-9-18(10-14(13)2)25-12-19(24)21-17-7-5-16(6-8-17)11-20-23-22-15(3)26-20/h4-10H,11-12H2,1-3H3,(H,21,24). The van der Waals surface area contributed by atoms with Crippen molar-refractivity contribution < 1.29 is 13.9 Å². The van der Waals surface area contributed by atoms with E-state index >= 15 is 0 Å². The monoisotopic (exact) mass is 351 g/mol. The minimum Gasteiger partial charge on any atom is -0.484 e. The Morgan fingerprint density at radius 2 is 1.81 bits per heavy atom. The summed E-state index contributed by atoms with van der Waals surface area (Å²) in [5.41, 5.74) is 4.06. The van der Waals surface area contributed by atoms with Crippen molar-refractivity contribution in [2.24, 2.45) is 0 Å². The molecule has 0 saturated heterocycles. The van der Waals surface area contributed by atoms with Crippen LogP contribution in [0.25, 0.3) is 0 Å². The predicted octanol–water partition coefficient (Wildman–Crippen LogP) is 3.60. The molecule has 0 unspecified atom stereocenters. The zero-order valence-electron chi connectivity index (χ0n) is 15.1. The fourth-order valence-electron chi connectivity index (χ4n) is 2.44. The normalized spacial score (nSPS) is 10.6. The lowest BCUT2D eigenvalue weighted by molar-refractivity contribution is -0.118. The molecule has 0 aliphatic rings. The van der Waals surface area contributed by atoms with Gasteiger partial charge in [0.25, 0.3) is 5.91 Å². The number of carbonyl (C=O) groups excluding carboxylic acids is 1. The Balaban J connectivity index is 1.51. The van der Waals surface area contributed by atoms with E-state index in [9.17, 15) is 4.79 Å². The van der Waals surface area contributed by atoms with Crippen molar-refractivity contribution in [2.75, 3.05) is 11.9 Å². The second-order valence-corrected chi connectivity index (χ2v) is 6.17. The van der Waals surface area contributed by atoms with Crippen molar-refractivity contribution in [3.8, 4) is 5.75 Å². The molecule has 0 spiro atoms.